The summed E-state index contributed by atoms with van der Waals surface area (Å²) >= 11 is 0. The van der Waals surface area contributed by atoms with E-state index in [4.69, 9.17) is 28.9 Å². The average molecular weight is 1030 g/mol. The summed E-state index contributed by atoms with van der Waals surface area (Å²) in [6.07, 6.45) is 6.93. The lowest BCUT2D eigenvalue weighted by atomic mass is 9.81. The Morgan fingerprint density at radius 3 is 1.68 bits per heavy atom. The first-order valence-electron chi connectivity index (χ1n) is 25.2. The maximum atomic E-state index is 14.0. The molecule has 1 aliphatic carbocycles. The van der Waals surface area contributed by atoms with Gasteiger partial charge in [0.2, 0.25) is 23.6 Å². The van der Waals surface area contributed by atoms with Gasteiger partial charge in [0.25, 0.3) is 11.8 Å². The van der Waals surface area contributed by atoms with Crippen molar-refractivity contribution in [3.05, 3.63) is 130 Å². The van der Waals surface area contributed by atoms with E-state index < -0.39 is 30.8 Å². The molecule has 76 heavy (non-hydrogen) atoms. The predicted octanol–water partition coefficient (Wildman–Crippen LogP) is 6.00. The Morgan fingerprint density at radius 1 is 0.592 bits per heavy atom. The van der Waals surface area contributed by atoms with Gasteiger partial charge in [-0.15, -0.1) is 0 Å². The Hall–Kier alpha value is -8.87. The molecular weight excluding hydrogens is 973 g/mol. The molecular formula is C57H56N8O11. The van der Waals surface area contributed by atoms with E-state index in [1.165, 1.54) is 14.2 Å². The van der Waals surface area contributed by atoms with Gasteiger partial charge in [0.1, 0.15) is 19.0 Å². The third-order valence-electron chi connectivity index (χ3n) is 14.3. The number of amides is 6. The quantitative estimate of drug-likeness (QED) is 0.0837. The first kappa shape index (κ1) is 50.7. The number of ether oxygens (including phenoxy) is 4. The van der Waals surface area contributed by atoms with E-state index in [0.717, 1.165) is 28.1 Å². The van der Waals surface area contributed by atoms with Crippen molar-refractivity contribution in [2.24, 2.45) is 21.8 Å². The zero-order chi connectivity index (χ0) is 53.0. The van der Waals surface area contributed by atoms with Gasteiger partial charge in [-0.3, -0.25) is 53.3 Å². The number of nitrogens with zero attached hydrogens (tertiary/aromatic N) is 4. The summed E-state index contributed by atoms with van der Waals surface area (Å²) in [4.78, 5) is 104. The van der Waals surface area contributed by atoms with Crippen molar-refractivity contribution < 1.29 is 52.5 Å². The van der Waals surface area contributed by atoms with Crippen LogP contribution < -0.4 is 45.3 Å². The fourth-order valence-corrected chi connectivity index (χ4v) is 10.5. The molecule has 0 spiro atoms. The van der Waals surface area contributed by atoms with Gasteiger partial charge in [-0.05, 0) is 103 Å². The van der Waals surface area contributed by atoms with E-state index in [2.05, 4.69) is 21.3 Å². The molecule has 19 nitrogen and oxygen atoms in total. The van der Waals surface area contributed by atoms with Crippen LogP contribution in [0.25, 0.3) is 0 Å². The highest BCUT2D eigenvalue weighted by atomic mass is 16.5. The Kier molecular flexibility index (Phi) is 14.6. The van der Waals surface area contributed by atoms with E-state index in [-0.39, 0.29) is 67.4 Å². The fourth-order valence-electron chi connectivity index (χ4n) is 10.5. The number of fused-ring (bicyclic) bond motifs is 8. The monoisotopic (exact) mass is 1030 g/mol. The van der Waals surface area contributed by atoms with Crippen LogP contribution in [0, 0.1) is 18.8 Å². The molecule has 1 fully saturated rings. The van der Waals surface area contributed by atoms with Gasteiger partial charge >= 0.3 is 5.97 Å². The minimum absolute atomic E-state index is 0.0193. The molecule has 4 N–H and O–H groups in total. The molecule has 19 heteroatoms. The molecule has 4 heterocycles. The van der Waals surface area contributed by atoms with Gasteiger partial charge in [-0.2, -0.15) is 0 Å². The minimum atomic E-state index is -0.634. The van der Waals surface area contributed by atoms with Crippen LogP contribution in [-0.4, -0.2) is 99.8 Å². The van der Waals surface area contributed by atoms with Crippen LogP contribution >= 0.6 is 0 Å². The van der Waals surface area contributed by atoms with Gasteiger partial charge < -0.3 is 40.2 Å². The number of methoxy groups -OCH3 is 2. The normalized spacial score (nSPS) is 18.6. The van der Waals surface area contributed by atoms with Crippen molar-refractivity contribution in [2.75, 3.05) is 49.0 Å². The van der Waals surface area contributed by atoms with E-state index >= 15 is 0 Å². The summed E-state index contributed by atoms with van der Waals surface area (Å²) < 4.78 is 23.4. The van der Waals surface area contributed by atoms with Crippen molar-refractivity contribution in [1.29, 1.82) is 0 Å². The molecule has 0 unspecified atom stereocenters. The molecule has 2 atom stereocenters. The Labute approximate surface area is 438 Å². The molecule has 4 aliphatic heterocycles. The van der Waals surface area contributed by atoms with Gasteiger partial charge in [-0.1, -0.05) is 36.4 Å². The molecule has 0 aromatic heterocycles. The number of anilines is 3. The van der Waals surface area contributed by atoms with Crippen LogP contribution in [0.4, 0.5) is 28.4 Å². The Morgan fingerprint density at radius 2 is 1.11 bits per heavy atom. The number of hydrogen-bond donors (Lipinski definition) is 4. The second-order valence-electron chi connectivity index (χ2n) is 19.4. The largest absolute Gasteiger partial charge is 0.493 e. The van der Waals surface area contributed by atoms with Crippen LogP contribution in [0.5, 0.6) is 17.2 Å². The van der Waals surface area contributed by atoms with Crippen molar-refractivity contribution >= 4 is 82.3 Å². The van der Waals surface area contributed by atoms with Gasteiger partial charge in [0.15, 0.2) is 11.5 Å². The molecule has 1 saturated carbocycles. The summed E-state index contributed by atoms with van der Waals surface area (Å²) in [5.74, 6) is -2.15. The second-order valence-corrected chi connectivity index (χ2v) is 19.4. The van der Waals surface area contributed by atoms with Crippen LogP contribution in [0.1, 0.15) is 74.2 Å². The third-order valence-corrected chi connectivity index (χ3v) is 14.3. The maximum absolute atomic E-state index is 14.0. The van der Waals surface area contributed by atoms with Crippen molar-refractivity contribution in [3.8, 4) is 17.2 Å². The highest BCUT2D eigenvalue weighted by Gasteiger charge is 2.38. The maximum Gasteiger partial charge on any atom is 0.308 e. The van der Waals surface area contributed by atoms with Crippen molar-refractivity contribution in [3.63, 3.8) is 0 Å². The summed E-state index contributed by atoms with van der Waals surface area (Å²) in [5.41, 5.74) is 7.95. The molecule has 0 radical (unpaired) electrons. The zero-order valence-corrected chi connectivity index (χ0v) is 42.2. The number of aliphatic imine (C=N–C) groups is 2. The summed E-state index contributed by atoms with van der Waals surface area (Å²) in [7, 11) is 2.83. The lowest BCUT2D eigenvalue weighted by Gasteiger charge is -2.25. The van der Waals surface area contributed by atoms with Crippen LogP contribution in [0.3, 0.4) is 0 Å². The van der Waals surface area contributed by atoms with Gasteiger partial charge in [-0.25, -0.2) is 0 Å². The summed E-state index contributed by atoms with van der Waals surface area (Å²) in [5, 5.41) is 10.4. The third kappa shape index (κ3) is 10.7. The van der Waals surface area contributed by atoms with Crippen molar-refractivity contribution in [1.82, 2.24) is 16.0 Å². The predicted molar refractivity (Wildman–Crippen MR) is 282 cm³/mol. The number of para-hydroxylation sites is 2. The number of rotatable bonds is 16. The number of carbonyl (C=O) groups is 7. The van der Waals surface area contributed by atoms with Gasteiger partial charge in [0.05, 0.1) is 74.4 Å². The lowest BCUT2D eigenvalue weighted by Crippen LogP contribution is -2.44. The topological polar surface area (TPSA) is 236 Å². The fraction of sp³-hybridized carbons (Fsp3) is 0.316. The molecule has 0 saturated heterocycles. The molecule has 5 aliphatic rings. The zero-order valence-electron chi connectivity index (χ0n) is 42.2. The number of hydrogen-bond acceptors (Lipinski definition) is 13. The van der Waals surface area contributed by atoms with E-state index in [1.54, 1.807) is 58.6 Å². The Bertz CT molecular complexity index is 3240. The molecule has 0 bridgehead atoms. The second kappa shape index (κ2) is 21.9. The number of esters is 1. The molecule has 10 rings (SSSR count). The first-order valence-corrected chi connectivity index (χ1v) is 25.2. The first-order chi connectivity index (χ1) is 36.8. The van der Waals surface area contributed by atoms with E-state index in [9.17, 15) is 33.6 Å². The minimum Gasteiger partial charge on any atom is -0.493 e. The van der Waals surface area contributed by atoms with E-state index in [0.29, 0.717) is 95.1 Å². The summed E-state index contributed by atoms with van der Waals surface area (Å²) in [6.45, 7) is 0.660. The number of aryl methyl sites for hydroxylation is 1. The average Bonchev–Trinajstić information content (AvgIpc) is 3.97. The molecule has 5 aromatic carbocycles. The van der Waals surface area contributed by atoms with Gasteiger partial charge in [0, 0.05) is 60.4 Å². The van der Waals surface area contributed by atoms with E-state index in [1.807, 2.05) is 61.5 Å². The highest BCUT2D eigenvalue weighted by Crippen LogP contribution is 2.42. The lowest BCUT2D eigenvalue weighted by molar-refractivity contribution is -0.147. The van der Waals surface area contributed by atoms with Crippen LogP contribution in [0.15, 0.2) is 101 Å². The SMILES string of the molecule is COC(=O)C1CCC(C(=O)NCC(=O)NCC(=O)NCC(=O)Nc2cc(COc3cc4c(cc3C)C(=O)N3c5ccccc5C[C@H]3C=N4)cc(COc3cc4c(cc3OC)C(=O)N3c5ccccc5C[C@H]3C=N4)c2)CC1. The molecule has 390 valence electrons. The van der Waals surface area contributed by atoms with Crippen molar-refractivity contribution in [2.45, 2.75) is 70.7 Å². The molecule has 5 aromatic rings. The smallest absolute Gasteiger partial charge is 0.308 e. The number of nitrogens with one attached hydrogen (secondary N) is 4. The van der Waals surface area contributed by atoms with Crippen LogP contribution in [-0.2, 0) is 54.8 Å². The number of benzene rings is 5. The Balaban J connectivity index is 0.808. The standard InChI is InChI=1S/C57H56N8O11/c1-32-16-42-44(58-25-40-20-37-8-4-6-10-46(37)64(40)55(42)70)23-48(32)75-30-33-17-34(31-76-50-24-45-43(22-49(50)73-2)56(71)65-41(26-59-45)21-38-9-5-7-11-47(38)65)19-39(18-33)63-53(68)29-61-51(66)27-60-52(67)28-62-54(69)35-12-14-36(15-13-35)57(72)74-3/h4-11,16-19,22-26,35-36,40-41H,12-15,20-21,27-31H2,1-3H3,(H,60,67)(H,61,66)(H,62,69)(H,63,68)/t35?,36?,40-,41-/m0/s1. The van der Waals surface area contributed by atoms with Crippen LogP contribution in [0.2, 0.25) is 0 Å². The number of carbonyl (C=O) groups excluding carboxylic acids is 7. The highest BCUT2D eigenvalue weighted by molar-refractivity contribution is 6.16. The molecule has 6 amide bonds. The summed E-state index contributed by atoms with van der Waals surface area (Å²) in [6, 6.07) is 27.3.